The number of ether oxygens (including phenoxy) is 1. The van der Waals surface area contributed by atoms with Crippen LogP contribution in [-0.2, 0) is 4.74 Å². The Balaban J connectivity index is 2.41. The second kappa shape index (κ2) is 5.47. The van der Waals surface area contributed by atoms with E-state index in [1.165, 1.54) is 13.5 Å². The van der Waals surface area contributed by atoms with Gasteiger partial charge in [-0.2, -0.15) is 0 Å². The van der Waals surface area contributed by atoms with Crippen molar-refractivity contribution < 1.29 is 9.53 Å². The molecular weight excluding hydrogens is 242 g/mol. The van der Waals surface area contributed by atoms with Crippen LogP contribution in [0, 0.1) is 0 Å². The summed E-state index contributed by atoms with van der Waals surface area (Å²) in [5, 5.41) is 0. The van der Waals surface area contributed by atoms with Crippen LogP contribution in [0.2, 0.25) is 0 Å². The summed E-state index contributed by atoms with van der Waals surface area (Å²) in [5.41, 5.74) is 6.91. The molecule has 0 amide bonds. The van der Waals surface area contributed by atoms with E-state index in [1.807, 2.05) is 0 Å². The number of carbonyl (C=O) groups excluding carboxylic acids is 1. The fourth-order valence-corrected chi connectivity index (χ4v) is 2.79. The number of piperidine rings is 1. The number of rotatable bonds is 2. The van der Waals surface area contributed by atoms with Crippen LogP contribution in [-0.4, -0.2) is 30.1 Å². The van der Waals surface area contributed by atoms with E-state index in [2.05, 4.69) is 23.7 Å². The highest BCUT2D eigenvalue weighted by Gasteiger charge is 2.28. The van der Waals surface area contributed by atoms with Gasteiger partial charge in [-0.05, 0) is 39.2 Å². The van der Waals surface area contributed by atoms with Crippen molar-refractivity contribution in [1.29, 1.82) is 0 Å². The minimum absolute atomic E-state index is 0.381. The molecular formula is C14H21N3O2. The summed E-state index contributed by atoms with van der Waals surface area (Å²) in [6, 6.07) is 2.36. The van der Waals surface area contributed by atoms with Crippen LogP contribution >= 0.6 is 0 Å². The number of nitrogens with two attached hydrogens (primary N) is 1. The second-order valence-corrected chi connectivity index (χ2v) is 5.12. The van der Waals surface area contributed by atoms with Crippen molar-refractivity contribution in [2.24, 2.45) is 0 Å². The number of anilines is 2. The van der Waals surface area contributed by atoms with Crippen LogP contribution in [0.5, 0.6) is 0 Å². The smallest absolute Gasteiger partial charge is 0.340 e. The zero-order valence-electron chi connectivity index (χ0n) is 11.7. The maximum absolute atomic E-state index is 11.7. The van der Waals surface area contributed by atoms with E-state index in [-0.39, 0.29) is 0 Å². The Bertz CT molecular complexity index is 466. The molecule has 0 saturated carbocycles. The summed E-state index contributed by atoms with van der Waals surface area (Å²) in [6.07, 6.45) is 5.07. The van der Waals surface area contributed by atoms with Crippen LogP contribution < -0.4 is 10.6 Å². The first-order chi connectivity index (χ1) is 9.06. The molecule has 2 heterocycles. The predicted octanol–water partition coefficient (Wildman–Crippen LogP) is 2.22. The maximum Gasteiger partial charge on any atom is 0.340 e. The monoisotopic (exact) mass is 263 g/mol. The summed E-state index contributed by atoms with van der Waals surface area (Å²) in [6.45, 7) is 4.34. The van der Waals surface area contributed by atoms with Crippen LogP contribution in [0.25, 0.3) is 0 Å². The number of esters is 1. The lowest BCUT2D eigenvalue weighted by molar-refractivity contribution is 0.0602. The molecule has 2 atom stereocenters. The Morgan fingerprint density at radius 1 is 1.42 bits per heavy atom. The van der Waals surface area contributed by atoms with Crippen molar-refractivity contribution in [2.75, 3.05) is 17.7 Å². The van der Waals surface area contributed by atoms with Crippen molar-refractivity contribution in [3.05, 3.63) is 17.8 Å². The number of methoxy groups -OCH3 is 1. The number of hydrogen-bond acceptors (Lipinski definition) is 5. The highest BCUT2D eigenvalue weighted by atomic mass is 16.5. The first kappa shape index (κ1) is 13.6. The summed E-state index contributed by atoms with van der Waals surface area (Å²) >= 11 is 0. The van der Waals surface area contributed by atoms with Gasteiger partial charge in [0.05, 0.1) is 18.4 Å². The average Bonchev–Trinajstić information content (AvgIpc) is 2.39. The topological polar surface area (TPSA) is 68.5 Å². The predicted molar refractivity (Wildman–Crippen MR) is 75.2 cm³/mol. The number of pyridine rings is 1. The highest BCUT2D eigenvalue weighted by molar-refractivity contribution is 5.97. The minimum Gasteiger partial charge on any atom is -0.465 e. The van der Waals surface area contributed by atoms with Gasteiger partial charge in [0.1, 0.15) is 0 Å². The van der Waals surface area contributed by atoms with E-state index < -0.39 is 5.97 Å². The number of nitrogens with zero attached hydrogens (tertiary/aromatic N) is 2. The van der Waals surface area contributed by atoms with Gasteiger partial charge in [-0.1, -0.05) is 0 Å². The minimum atomic E-state index is -0.418. The van der Waals surface area contributed by atoms with Gasteiger partial charge in [0.2, 0.25) is 0 Å². The quantitative estimate of drug-likeness (QED) is 0.829. The Labute approximate surface area is 113 Å². The van der Waals surface area contributed by atoms with Crippen LogP contribution in [0.3, 0.4) is 0 Å². The molecule has 2 N–H and O–H groups in total. The first-order valence-electron chi connectivity index (χ1n) is 6.67. The third-order valence-electron chi connectivity index (χ3n) is 3.81. The lowest BCUT2D eigenvalue weighted by Gasteiger charge is -2.40. The van der Waals surface area contributed by atoms with Crippen molar-refractivity contribution in [1.82, 2.24) is 4.98 Å². The zero-order chi connectivity index (χ0) is 14.0. The standard InChI is InChI=1S/C14H21N3O2/c1-9-5-4-6-10(2)17(9)13-12(15)11(7-8-16-13)14(18)19-3/h7-10H,4-6,15H2,1-3H3. The molecule has 1 aliphatic heterocycles. The van der Waals surface area contributed by atoms with Gasteiger partial charge in [-0.3, -0.25) is 0 Å². The number of hydrogen-bond donors (Lipinski definition) is 1. The fourth-order valence-electron chi connectivity index (χ4n) is 2.79. The SMILES string of the molecule is COC(=O)c1ccnc(N2C(C)CCCC2C)c1N. The molecule has 5 heteroatoms. The normalized spacial score (nSPS) is 23.2. The van der Waals surface area contributed by atoms with Gasteiger partial charge in [-0.15, -0.1) is 0 Å². The van der Waals surface area contributed by atoms with E-state index in [0.717, 1.165) is 12.8 Å². The number of nitrogen functional groups attached to an aromatic ring is 1. The van der Waals surface area contributed by atoms with E-state index in [1.54, 1.807) is 12.3 Å². The summed E-state index contributed by atoms with van der Waals surface area (Å²) in [7, 11) is 1.36. The lowest BCUT2D eigenvalue weighted by atomic mass is 9.97. The molecule has 1 aromatic rings. The Morgan fingerprint density at radius 2 is 2.05 bits per heavy atom. The van der Waals surface area contributed by atoms with Gasteiger partial charge in [0.25, 0.3) is 0 Å². The maximum atomic E-state index is 11.7. The molecule has 0 aliphatic carbocycles. The van der Waals surface area contributed by atoms with Gasteiger partial charge in [0, 0.05) is 18.3 Å². The van der Waals surface area contributed by atoms with Crippen molar-refractivity contribution in [3.8, 4) is 0 Å². The van der Waals surface area contributed by atoms with Crippen molar-refractivity contribution in [3.63, 3.8) is 0 Å². The van der Waals surface area contributed by atoms with Crippen LogP contribution in [0.4, 0.5) is 11.5 Å². The molecule has 1 saturated heterocycles. The molecule has 0 bridgehead atoms. The van der Waals surface area contributed by atoms with Crippen molar-refractivity contribution >= 4 is 17.5 Å². The van der Waals surface area contributed by atoms with E-state index >= 15 is 0 Å². The largest absolute Gasteiger partial charge is 0.465 e. The Kier molecular flexibility index (Phi) is 3.93. The molecule has 0 spiro atoms. The number of aromatic nitrogens is 1. The first-order valence-corrected chi connectivity index (χ1v) is 6.67. The van der Waals surface area contributed by atoms with E-state index in [4.69, 9.17) is 10.5 Å². The van der Waals surface area contributed by atoms with E-state index in [0.29, 0.717) is 29.2 Å². The van der Waals surface area contributed by atoms with Crippen LogP contribution in [0.1, 0.15) is 43.5 Å². The molecule has 1 aromatic heterocycles. The van der Waals surface area contributed by atoms with Crippen LogP contribution in [0.15, 0.2) is 12.3 Å². The van der Waals surface area contributed by atoms with Gasteiger partial charge >= 0.3 is 5.97 Å². The highest BCUT2D eigenvalue weighted by Crippen LogP contribution is 2.32. The van der Waals surface area contributed by atoms with Crippen molar-refractivity contribution in [2.45, 2.75) is 45.2 Å². The summed E-state index contributed by atoms with van der Waals surface area (Å²) in [5.74, 6) is 0.279. The molecule has 0 aromatic carbocycles. The molecule has 1 aliphatic rings. The molecule has 2 rings (SSSR count). The number of carbonyl (C=O) groups is 1. The molecule has 104 valence electrons. The molecule has 2 unspecified atom stereocenters. The Hall–Kier alpha value is -1.78. The second-order valence-electron chi connectivity index (χ2n) is 5.12. The average molecular weight is 263 g/mol. The fraction of sp³-hybridized carbons (Fsp3) is 0.571. The molecule has 0 radical (unpaired) electrons. The van der Waals surface area contributed by atoms with Gasteiger partial charge < -0.3 is 15.4 Å². The molecule has 1 fully saturated rings. The summed E-state index contributed by atoms with van der Waals surface area (Å²) in [4.78, 5) is 18.3. The summed E-state index contributed by atoms with van der Waals surface area (Å²) < 4.78 is 4.75. The third-order valence-corrected chi connectivity index (χ3v) is 3.81. The zero-order valence-corrected chi connectivity index (χ0v) is 11.7. The lowest BCUT2D eigenvalue weighted by Crippen LogP contribution is -2.44. The third kappa shape index (κ3) is 2.50. The molecule has 5 nitrogen and oxygen atoms in total. The van der Waals surface area contributed by atoms with Gasteiger partial charge in [-0.25, -0.2) is 9.78 Å². The molecule has 19 heavy (non-hydrogen) atoms. The van der Waals surface area contributed by atoms with E-state index in [9.17, 15) is 4.79 Å². The van der Waals surface area contributed by atoms with Gasteiger partial charge in [0.15, 0.2) is 5.82 Å². The Morgan fingerprint density at radius 3 is 2.63 bits per heavy atom.